The molecule has 1 aliphatic rings. The molecule has 2 aromatic heterocycles. The molecule has 2 aromatic rings. The Balaban J connectivity index is 1.94. The maximum absolute atomic E-state index is 2.43. The highest BCUT2D eigenvalue weighted by Gasteiger charge is 2.20. The van der Waals surface area contributed by atoms with E-state index >= 15 is 0 Å². The minimum atomic E-state index is 0.753. The summed E-state index contributed by atoms with van der Waals surface area (Å²) in [4.78, 5) is 2.43. The molecule has 0 saturated carbocycles. The van der Waals surface area contributed by atoms with Gasteiger partial charge in [0, 0.05) is 17.9 Å². The van der Waals surface area contributed by atoms with Crippen molar-refractivity contribution in [3.8, 4) is 0 Å². The zero-order valence-corrected chi connectivity index (χ0v) is 9.76. The molecular formula is C14H18N2. The summed E-state index contributed by atoms with van der Waals surface area (Å²) in [5.41, 5.74) is 2.92. The van der Waals surface area contributed by atoms with Crippen LogP contribution >= 0.6 is 0 Å². The van der Waals surface area contributed by atoms with Crippen molar-refractivity contribution in [3.05, 3.63) is 42.2 Å². The number of likely N-dealkylation sites (tertiary alicyclic amines) is 1. The molecule has 0 aromatic carbocycles. The monoisotopic (exact) mass is 214 g/mol. The standard InChI is InChI=1S/C14H18N2/c1-15-9-5-12(6-10-15)13-7-11-16-8-3-2-4-14(13)16/h2-4,7-8,11-12H,5-6,9-10H2,1H3. The lowest BCUT2D eigenvalue weighted by atomic mass is 9.90. The SMILES string of the molecule is CN1CCC(c2ccn3ccccc23)CC1. The lowest BCUT2D eigenvalue weighted by Crippen LogP contribution is -2.29. The fourth-order valence-electron chi connectivity index (χ4n) is 2.74. The fraction of sp³-hybridized carbons (Fsp3) is 0.429. The third-order valence-corrected chi connectivity index (χ3v) is 3.76. The molecule has 0 atom stereocenters. The summed E-state index contributed by atoms with van der Waals surface area (Å²) in [6.07, 6.45) is 6.91. The normalized spacial score (nSPS) is 19.3. The minimum absolute atomic E-state index is 0.753. The molecule has 1 aliphatic heterocycles. The van der Waals surface area contributed by atoms with Crippen molar-refractivity contribution in [2.45, 2.75) is 18.8 Å². The van der Waals surface area contributed by atoms with Crippen molar-refractivity contribution in [2.75, 3.05) is 20.1 Å². The predicted octanol–water partition coefficient (Wildman–Crippen LogP) is 2.75. The Labute approximate surface area is 96.5 Å². The van der Waals surface area contributed by atoms with Gasteiger partial charge in [0.15, 0.2) is 0 Å². The zero-order chi connectivity index (χ0) is 11.0. The second-order valence-electron chi connectivity index (χ2n) is 4.84. The maximum Gasteiger partial charge on any atom is 0.0484 e. The fourth-order valence-corrected chi connectivity index (χ4v) is 2.74. The van der Waals surface area contributed by atoms with E-state index in [0.29, 0.717) is 0 Å². The highest BCUT2D eigenvalue weighted by Crippen LogP contribution is 2.30. The van der Waals surface area contributed by atoms with Crippen LogP contribution < -0.4 is 0 Å². The van der Waals surface area contributed by atoms with Gasteiger partial charge in [-0.05, 0) is 62.7 Å². The molecule has 3 rings (SSSR count). The molecule has 16 heavy (non-hydrogen) atoms. The molecule has 84 valence electrons. The first-order chi connectivity index (χ1) is 7.84. The van der Waals surface area contributed by atoms with Crippen LogP contribution in [0.4, 0.5) is 0 Å². The third-order valence-electron chi connectivity index (χ3n) is 3.76. The van der Waals surface area contributed by atoms with Crippen LogP contribution in [-0.4, -0.2) is 29.4 Å². The third kappa shape index (κ3) is 1.63. The minimum Gasteiger partial charge on any atom is -0.324 e. The topological polar surface area (TPSA) is 7.65 Å². The number of aromatic nitrogens is 1. The molecule has 0 spiro atoms. The van der Waals surface area contributed by atoms with Crippen LogP contribution in [0.2, 0.25) is 0 Å². The highest BCUT2D eigenvalue weighted by atomic mass is 15.1. The van der Waals surface area contributed by atoms with E-state index in [-0.39, 0.29) is 0 Å². The van der Waals surface area contributed by atoms with Gasteiger partial charge in [0.05, 0.1) is 0 Å². The molecule has 0 aliphatic carbocycles. The number of hydrogen-bond donors (Lipinski definition) is 0. The zero-order valence-electron chi connectivity index (χ0n) is 9.76. The predicted molar refractivity (Wildman–Crippen MR) is 66.9 cm³/mol. The van der Waals surface area contributed by atoms with Gasteiger partial charge < -0.3 is 9.30 Å². The average Bonchev–Trinajstić information content (AvgIpc) is 2.74. The Morgan fingerprint density at radius 1 is 1.06 bits per heavy atom. The molecule has 2 heteroatoms. The van der Waals surface area contributed by atoms with Crippen molar-refractivity contribution in [1.82, 2.24) is 9.30 Å². The van der Waals surface area contributed by atoms with Gasteiger partial charge in [-0.15, -0.1) is 0 Å². The van der Waals surface area contributed by atoms with Crippen LogP contribution in [-0.2, 0) is 0 Å². The average molecular weight is 214 g/mol. The maximum atomic E-state index is 2.43. The summed E-state index contributed by atoms with van der Waals surface area (Å²) in [5, 5.41) is 0. The lowest BCUT2D eigenvalue weighted by molar-refractivity contribution is 0.256. The number of rotatable bonds is 1. The number of pyridine rings is 1. The molecule has 0 amide bonds. The highest BCUT2D eigenvalue weighted by molar-refractivity contribution is 5.57. The first-order valence-electron chi connectivity index (χ1n) is 6.09. The van der Waals surface area contributed by atoms with E-state index in [1.54, 1.807) is 0 Å². The van der Waals surface area contributed by atoms with Gasteiger partial charge in [-0.1, -0.05) is 6.07 Å². The van der Waals surface area contributed by atoms with Gasteiger partial charge in [-0.3, -0.25) is 0 Å². The molecule has 3 heterocycles. The second-order valence-corrected chi connectivity index (χ2v) is 4.84. The van der Waals surface area contributed by atoms with Crippen LogP contribution in [0.1, 0.15) is 24.3 Å². The van der Waals surface area contributed by atoms with E-state index in [1.807, 2.05) is 0 Å². The summed E-state index contributed by atoms with van der Waals surface area (Å²) < 4.78 is 2.23. The van der Waals surface area contributed by atoms with Gasteiger partial charge in [-0.25, -0.2) is 0 Å². The smallest absolute Gasteiger partial charge is 0.0484 e. The van der Waals surface area contributed by atoms with E-state index < -0.39 is 0 Å². The Morgan fingerprint density at radius 3 is 2.69 bits per heavy atom. The number of piperidine rings is 1. The Bertz CT molecular complexity index is 478. The van der Waals surface area contributed by atoms with Crippen molar-refractivity contribution in [1.29, 1.82) is 0 Å². The quantitative estimate of drug-likeness (QED) is 0.708. The largest absolute Gasteiger partial charge is 0.324 e. The summed E-state index contributed by atoms with van der Waals surface area (Å²) in [6, 6.07) is 8.75. The van der Waals surface area contributed by atoms with Crippen LogP contribution in [0.25, 0.3) is 5.52 Å². The lowest BCUT2D eigenvalue weighted by Gasteiger charge is -2.28. The molecule has 1 fully saturated rings. The summed E-state index contributed by atoms with van der Waals surface area (Å²) in [6.45, 7) is 2.46. The Morgan fingerprint density at radius 2 is 1.88 bits per heavy atom. The molecule has 0 unspecified atom stereocenters. The van der Waals surface area contributed by atoms with E-state index in [9.17, 15) is 0 Å². The van der Waals surface area contributed by atoms with Gasteiger partial charge in [0.1, 0.15) is 0 Å². The Hall–Kier alpha value is -1.28. The van der Waals surface area contributed by atoms with Crippen molar-refractivity contribution in [2.24, 2.45) is 0 Å². The molecule has 0 bridgehead atoms. The van der Waals surface area contributed by atoms with Gasteiger partial charge in [0.2, 0.25) is 0 Å². The first-order valence-corrected chi connectivity index (χ1v) is 6.09. The van der Waals surface area contributed by atoms with E-state index in [1.165, 1.54) is 37.0 Å². The number of nitrogens with zero attached hydrogens (tertiary/aromatic N) is 2. The molecular weight excluding hydrogens is 196 g/mol. The van der Waals surface area contributed by atoms with Crippen LogP contribution in [0, 0.1) is 0 Å². The summed E-state index contributed by atoms with van der Waals surface area (Å²) >= 11 is 0. The summed E-state index contributed by atoms with van der Waals surface area (Å²) in [7, 11) is 2.22. The van der Waals surface area contributed by atoms with Crippen LogP contribution in [0.5, 0.6) is 0 Å². The van der Waals surface area contributed by atoms with Gasteiger partial charge in [0.25, 0.3) is 0 Å². The van der Waals surface area contributed by atoms with Crippen molar-refractivity contribution < 1.29 is 0 Å². The van der Waals surface area contributed by atoms with Gasteiger partial charge >= 0.3 is 0 Å². The van der Waals surface area contributed by atoms with Gasteiger partial charge in [-0.2, -0.15) is 0 Å². The molecule has 0 radical (unpaired) electrons. The van der Waals surface area contributed by atoms with E-state index in [0.717, 1.165) is 5.92 Å². The van der Waals surface area contributed by atoms with Crippen molar-refractivity contribution in [3.63, 3.8) is 0 Å². The Kier molecular flexibility index (Phi) is 2.44. The van der Waals surface area contributed by atoms with E-state index in [4.69, 9.17) is 0 Å². The number of fused-ring (bicyclic) bond motifs is 1. The van der Waals surface area contributed by atoms with E-state index in [2.05, 4.69) is 53.0 Å². The number of hydrogen-bond acceptors (Lipinski definition) is 1. The van der Waals surface area contributed by atoms with Crippen molar-refractivity contribution >= 4 is 5.52 Å². The van der Waals surface area contributed by atoms with Crippen LogP contribution in [0.15, 0.2) is 36.7 Å². The molecule has 1 saturated heterocycles. The molecule has 0 N–H and O–H groups in total. The van der Waals surface area contributed by atoms with Crippen LogP contribution in [0.3, 0.4) is 0 Å². The molecule has 2 nitrogen and oxygen atoms in total. The summed E-state index contributed by atoms with van der Waals surface area (Å²) in [5.74, 6) is 0.753. The second kappa shape index (κ2) is 3.95. The first kappa shape index (κ1) is 9.91.